The summed E-state index contributed by atoms with van der Waals surface area (Å²) in [7, 11) is 0. The Kier molecular flexibility index (Phi) is 4.37. The lowest BCUT2D eigenvalue weighted by Crippen LogP contribution is -2.34. The van der Waals surface area contributed by atoms with Gasteiger partial charge in [-0.05, 0) is 55.8 Å². The Bertz CT molecular complexity index is 859. The van der Waals surface area contributed by atoms with Crippen LogP contribution in [0, 0.1) is 0 Å². The highest BCUT2D eigenvalue weighted by atomic mass is 35.5. The lowest BCUT2D eigenvalue weighted by Gasteiger charge is -2.24. The van der Waals surface area contributed by atoms with Crippen molar-refractivity contribution in [3.63, 3.8) is 0 Å². The highest BCUT2D eigenvalue weighted by molar-refractivity contribution is 6.32. The minimum Gasteiger partial charge on any atom is -0.489 e. The minimum absolute atomic E-state index is 0.247. The Labute approximate surface area is 146 Å². The molecule has 3 nitrogen and oxygen atoms in total. The van der Waals surface area contributed by atoms with Crippen molar-refractivity contribution in [1.82, 2.24) is 10.3 Å². The van der Waals surface area contributed by atoms with Gasteiger partial charge in [-0.15, -0.1) is 0 Å². The summed E-state index contributed by atoms with van der Waals surface area (Å²) in [5, 5.41) is 5.12. The van der Waals surface area contributed by atoms with Gasteiger partial charge in [0.25, 0.3) is 0 Å². The van der Waals surface area contributed by atoms with E-state index in [-0.39, 0.29) is 6.10 Å². The smallest absolute Gasteiger partial charge is 0.138 e. The maximum atomic E-state index is 6.46. The fraction of sp³-hybridized carbons (Fsp3) is 0.250. The molecule has 1 fully saturated rings. The number of piperidine rings is 1. The van der Waals surface area contributed by atoms with Gasteiger partial charge in [0, 0.05) is 17.1 Å². The molecule has 4 heteroatoms. The van der Waals surface area contributed by atoms with Crippen LogP contribution in [0.1, 0.15) is 12.8 Å². The van der Waals surface area contributed by atoms with Gasteiger partial charge in [-0.3, -0.25) is 4.98 Å². The third kappa shape index (κ3) is 3.23. The van der Waals surface area contributed by atoms with E-state index in [1.807, 2.05) is 42.6 Å². The molecular formula is C20H19ClN2O. The molecule has 0 amide bonds. The molecule has 1 aliphatic rings. The highest BCUT2D eigenvalue weighted by Crippen LogP contribution is 2.32. The summed E-state index contributed by atoms with van der Waals surface area (Å²) in [5.74, 6) is 0.765. The van der Waals surface area contributed by atoms with E-state index in [1.165, 1.54) is 0 Å². The van der Waals surface area contributed by atoms with Crippen LogP contribution in [0.3, 0.4) is 0 Å². The Hall–Kier alpha value is -2.10. The quantitative estimate of drug-likeness (QED) is 0.752. The van der Waals surface area contributed by atoms with E-state index in [0.29, 0.717) is 5.02 Å². The summed E-state index contributed by atoms with van der Waals surface area (Å²) < 4.78 is 6.06. The molecule has 0 spiro atoms. The van der Waals surface area contributed by atoms with Crippen molar-refractivity contribution in [1.29, 1.82) is 0 Å². The van der Waals surface area contributed by atoms with E-state index in [0.717, 1.165) is 53.7 Å². The largest absolute Gasteiger partial charge is 0.489 e. The van der Waals surface area contributed by atoms with Gasteiger partial charge in [-0.2, -0.15) is 0 Å². The van der Waals surface area contributed by atoms with Crippen molar-refractivity contribution < 1.29 is 4.74 Å². The van der Waals surface area contributed by atoms with E-state index in [1.54, 1.807) is 0 Å². The fourth-order valence-electron chi connectivity index (χ4n) is 3.10. The Morgan fingerprint density at radius 1 is 1.00 bits per heavy atom. The van der Waals surface area contributed by atoms with E-state index in [2.05, 4.69) is 22.4 Å². The first-order chi connectivity index (χ1) is 11.8. The third-order valence-electron chi connectivity index (χ3n) is 4.44. The maximum Gasteiger partial charge on any atom is 0.138 e. The molecule has 0 radical (unpaired) electrons. The van der Waals surface area contributed by atoms with E-state index in [9.17, 15) is 0 Å². The second kappa shape index (κ2) is 6.80. The Morgan fingerprint density at radius 2 is 1.83 bits per heavy atom. The van der Waals surface area contributed by atoms with Crippen molar-refractivity contribution in [2.75, 3.05) is 13.1 Å². The molecule has 4 rings (SSSR count). The van der Waals surface area contributed by atoms with Crippen LogP contribution in [0.15, 0.2) is 54.7 Å². The van der Waals surface area contributed by atoms with Crippen LogP contribution < -0.4 is 10.1 Å². The van der Waals surface area contributed by atoms with Crippen LogP contribution in [-0.4, -0.2) is 24.2 Å². The Morgan fingerprint density at radius 3 is 2.67 bits per heavy atom. The van der Waals surface area contributed by atoms with Gasteiger partial charge < -0.3 is 10.1 Å². The van der Waals surface area contributed by atoms with Crippen molar-refractivity contribution in [2.45, 2.75) is 18.9 Å². The summed E-state index contributed by atoms with van der Waals surface area (Å²) in [4.78, 5) is 4.52. The van der Waals surface area contributed by atoms with Crippen molar-refractivity contribution in [2.24, 2.45) is 0 Å². The number of aromatic nitrogens is 1. The molecule has 122 valence electrons. The molecule has 1 aromatic heterocycles. The third-order valence-corrected chi connectivity index (χ3v) is 4.73. The highest BCUT2D eigenvalue weighted by Gasteiger charge is 2.16. The number of pyridine rings is 1. The lowest BCUT2D eigenvalue weighted by molar-refractivity contribution is 0.162. The molecule has 0 saturated carbocycles. The average molecular weight is 339 g/mol. The molecule has 2 heterocycles. The number of rotatable bonds is 3. The van der Waals surface area contributed by atoms with Crippen LogP contribution in [-0.2, 0) is 0 Å². The predicted molar refractivity (Wildman–Crippen MR) is 98.7 cm³/mol. The average Bonchev–Trinajstić information content (AvgIpc) is 2.64. The first-order valence-corrected chi connectivity index (χ1v) is 8.69. The second-order valence-corrected chi connectivity index (χ2v) is 6.54. The van der Waals surface area contributed by atoms with Crippen LogP contribution in [0.25, 0.3) is 22.0 Å². The number of fused-ring (bicyclic) bond motifs is 1. The number of halogens is 1. The molecule has 2 aromatic carbocycles. The number of nitrogens with zero attached hydrogens (tertiary/aromatic N) is 1. The van der Waals surface area contributed by atoms with Gasteiger partial charge >= 0.3 is 0 Å². The molecule has 1 saturated heterocycles. The van der Waals surface area contributed by atoms with E-state index < -0.39 is 0 Å². The molecular weight excluding hydrogens is 320 g/mol. The van der Waals surface area contributed by atoms with Crippen LogP contribution >= 0.6 is 11.6 Å². The van der Waals surface area contributed by atoms with Crippen molar-refractivity contribution in [3.8, 4) is 16.9 Å². The molecule has 3 aromatic rings. The van der Waals surface area contributed by atoms with Gasteiger partial charge in [0.15, 0.2) is 0 Å². The number of hydrogen-bond acceptors (Lipinski definition) is 3. The number of ether oxygens (including phenoxy) is 1. The topological polar surface area (TPSA) is 34.1 Å². The van der Waals surface area contributed by atoms with Crippen LogP contribution in [0.4, 0.5) is 0 Å². The van der Waals surface area contributed by atoms with E-state index in [4.69, 9.17) is 16.3 Å². The zero-order valence-electron chi connectivity index (χ0n) is 13.3. The molecule has 0 atom stereocenters. The van der Waals surface area contributed by atoms with Gasteiger partial charge in [0.05, 0.1) is 10.5 Å². The Balaban J connectivity index is 1.60. The van der Waals surface area contributed by atoms with Gasteiger partial charge in [0.2, 0.25) is 0 Å². The molecule has 1 N–H and O–H groups in total. The summed E-state index contributed by atoms with van der Waals surface area (Å²) in [6.45, 7) is 2.01. The second-order valence-electron chi connectivity index (χ2n) is 6.13. The first kappa shape index (κ1) is 15.4. The number of nitrogens with one attached hydrogen (secondary N) is 1. The summed E-state index contributed by atoms with van der Waals surface area (Å²) in [6.07, 6.45) is 4.18. The number of hydrogen-bond donors (Lipinski definition) is 1. The number of para-hydroxylation sites is 1. The summed E-state index contributed by atoms with van der Waals surface area (Å²) in [6, 6.07) is 16.2. The predicted octanol–water partition coefficient (Wildman–Crippen LogP) is 4.69. The van der Waals surface area contributed by atoms with Gasteiger partial charge in [-0.1, -0.05) is 35.9 Å². The summed E-state index contributed by atoms with van der Waals surface area (Å²) in [5.41, 5.74) is 3.11. The van der Waals surface area contributed by atoms with Crippen molar-refractivity contribution in [3.05, 3.63) is 59.8 Å². The van der Waals surface area contributed by atoms with Crippen molar-refractivity contribution >= 4 is 22.5 Å². The van der Waals surface area contributed by atoms with Gasteiger partial charge in [-0.25, -0.2) is 0 Å². The molecule has 1 aliphatic heterocycles. The zero-order valence-corrected chi connectivity index (χ0v) is 14.1. The zero-order chi connectivity index (χ0) is 16.4. The molecule has 0 aliphatic carbocycles. The molecule has 0 bridgehead atoms. The van der Waals surface area contributed by atoms with Gasteiger partial charge in [0.1, 0.15) is 11.9 Å². The fourth-order valence-corrected chi connectivity index (χ4v) is 3.32. The molecule has 24 heavy (non-hydrogen) atoms. The first-order valence-electron chi connectivity index (χ1n) is 8.32. The SMILES string of the molecule is Clc1cc(-c2cnc3ccccc3c2)ccc1OC1CCNCC1. The van der Waals surface area contributed by atoms with Crippen LogP contribution in [0.5, 0.6) is 5.75 Å². The minimum atomic E-state index is 0.247. The molecule has 0 unspecified atom stereocenters. The maximum absolute atomic E-state index is 6.46. The monoisotopic (exact) mass is 338 g/mol. The number of benzene rings is 2. The lowest BCUT2D eigenvalue weighted by atomic mass is 10.1. The standard InChI is InChI=1S/C20H19ClN2O/c21-18-12-14(5-6-20(18)24-17-7-9-22-10-8-17)16-11-15-3-1-2-4-19(15)23-13-16/h1-6,11-13,17,22H,7-10H2. The van der Waals surface area contributed by atoms with E-state index >= 15 is 0 Å². The summed E-state index contributed by atoms with van der Waals surface area (Å²) >= 11 is 6.46. The van der Waals surface area contributed by atoms with Crippen LogP contribution in [0.2, 0.25) is 5.02 Å². The normalized spacial score (nSPS) is 15.5.